The van der Waals surface area contributed by atoms with Crippen molar-refractivity contribution in [3.8, 4) is 5.75 Å². The average molecular weight is 376 g/mol. The van der Waals surface area contributed by atoms with E-state index < -0.39 is 5.82 Å². The van der Waals surface area contributed by atoms with Gasteiger partial charge in [-0.25, -0.2) is 4.39 Å². The van der Waals surface area contributed by atoms with Crippen molar-refractivity contribution in [2.75, 3.05) is 20.2 Å². The molecule has 1 amide bonds. The fourth-order valence-electron chi connectivity index (χ4n) is 3.24. The van der Waals surface area contributed by atoms with Crippen LogP contribution in [0.5, 0.6) is 5.75 Å². The Bertz CT molecular complexity index is 840. The number of rotatable bonds is 4. The van der Waals surface area contributed by atoms with Crippen molar-refractivity contribution in [1.82, 2.24) is 4.90 Å². The minimum Gasteiger partial charge on any atom is -0.494 e. The molecule has 26 heavy (non-hydrogen) atoms. The van der Waals surface area contributed by atoms with Gasteiger partial charge in [0.2, 0.25) is 0 Å². The van der Waals surface area contributed by atoms with Gasteiger partial charge in [0, 0.05) is 24.6 Å². The highest BCUT2D eigenvalue weighted by Crippen LogP contribution is 2.26. The van der Waals surface area contributed by atoms with E-state index in [2.05, 4.69) is 0 Å². The Morgan fingerprint density at radius 3 is 2.69 bits per heavy atom. The Kier molecular flexibility index (Phi) is 5.57. The molecule has 2 aromatic carbocycles. The molecule has 3 rings (SSSR count). The van der Waals surface area contributed by atoms with Gasteiger partial charge in [-0.1, -0.05) is 23.7 Å². The fraction of sp³-hybridized carbons (Fsp3) is 0.300. The molecule has 1 fully saturated rings. The topological polar surface area (TPSA) is 46.6 Å². The van der Waals surface area contributed by atoms with Crippen LogP contribution < -0.4 is 4.74 Å². The second kappa shape index (κ2) is 7.87. The monoisotopic (exact) mass is 375 g/mol. The van der Waals surface area contributed by atoms with Crippen molar-refractivity contribution in [1.29, 1.82) is 0 Å². The molecule has 1 aliphatic heterocycles. The number of hydrogen-bond acceptors (Lipinski definition) is 3. The van der Waals surface area contributed by atoms with E-state index in [0.717, 1.165) is 0 Å². The van der Waals surface area contributed by atoms with E-state index in [1.807, 2.05) is 0 Å². The van der Waals surface area contributed by atoms with Crippen molar-refractivity contribution < 1.29 is 18.7 Å². The van der Waals surface area contributed by atoms with Gasteiger partial charge >= 0.3 is 0 Å². The number of methoxy groups -OCH3 is 1. The molecule has 1 aliphatic rings. The van der Waals surface area contributed by atoms with Crippen LogP contribution in [-0.4, -0.2) is 36.8 Å². The number of halogens is 2. The summed E-state index contributed by atoms with van der Waals surface area (Å²) < 4.78 is 18.8. The predicted molar refractivity (Wildman–Crippen MR) is 97.4 cm³/mol. The number of likely N-dealkylation sites (tertiary alicyclic amines) is 1. The van der Waals surface area contributed by atoms with Crippen molar-refractivity contribution in [2.45, 2.75) is 12.8 Å². The molecule has 0 aliphatic carbocycles. The smallest absolute Gasteiger partial charge is 0.255 e. The molecule has 1 heterocycles. The van der Waals surface area contributed by atoms with Crippen LogP contribution in [0.2, 0.25) is 5.02 Å². The molecule has 0 saturated carbocycles. The highest BCUT2D eigenvalue weighted by Gasteiger charge is 2.30. The van der Waals surface area contributed by atoms with Crippen LogP contribution in [0.3, 0.4) is 0 Å². The normalized spacial score (nSPS) is 17.0. The van der Waals surface area contributed by atoms with Crippen LogP contribution in [0.25, 0.3) is 0 Å². The lowest BCUT2D eigenvalue weighted by molar-refractivity contribution is 0.0637. The molecule has 2 aromatic rings. The molecule has 0 radical (unpaired) electrons. The van der Waals surface area contributed by atoms with E-state index in [1.54, 1.807) is 35.2 Å². The molecular weight excluding hydrogens is 357 g/mol. The van der Waals surface area contributed by atoms with Crippen molar-refractivity contribution in [3.05, 3.63) is 64.4 Å². The van der Waals surface area contributed by atoms with Crippen LogP contribution in [0.1, 0.15) is 33.6 Å². The number of carbonyl (C=O) groups is 2. The van der Waals surface area contributed by atoms with E-state index >= 15 is 0 Å². The number of Topliss-reactive ketones (excluding diaryl/α,β-unsaturated/α-hetero) is 1. The zero-order valence-corrected chi connectivity index (χ0v) is 15.1. The van der Waals surface area contributed by atoms with Gasteiger partial charge in [0.05, 0.1) is 17.7 Å². The highest BCUT2D eigenvalue weighted by atomic mass is 35.5. The van der Waals surface area contributed by atoms with Gasteiger partial charge in [-0.2, -0.15) is 0 Å². The SMILES string of the molecule is COc1ccc(C(=O)[C@H]2CCCN(C(=O)c3ccccc3Cl)C2)cc1F. The summed E-state index contributed by atoms with van der Waals surface area (Å²) in [5.41, 5.74) is 0.720. The lowest BCUT2D eigenvalue weighted by Gasteiger charge is -2.32. The lowest BCUT2D eigenvalue weighted by Crippen LogP contribution is -2.42. The minimum atomic E-state index is -0.571. The Hall–Kier alpha value is -2.40. The molecule has 0 N–H and O–H groups in total. The van der Waals surface area contributed by atoms with E-state index in [4.69, 9.17) is 16.3 Å². The van der Waals surface area contributed by atoms with Gasteiger partial charge in [-0.3, -0.25) is 9.59 Å². The zero-order valence-electron chi connectivity index (χ0n) is 14.4. The van der Waals surface area contributed by atoms with Gasteiger partial charge in [0.1, 0.15) is 0 Å². The first-order valence-corrected chi connectivity index (χ1v) is 8.80. The van der Waals surface area contributed by atoms with E-state index in [-0.39, 0.29) is 23.4 Å². The van der Waals surface area contributed by atoms with Crippen LogP contribution in [0.4, 0.5) is 4.39 Å². The Morgan fingerprint density at radius 2 is 2.00 bits per heavy atom. The third kappa shape index (κ3) is 3.73. The van der Waals surface area contributed by atoms with Crippen molar-refractivity contribution in [2.24, 2.45) is 5.92 Å². The maximum absolute atomic E-state index is 13.9. The maximum Gasteiger partial charge on any atom is 0.255 e. The van der Waals surface area contributed by atoms with Gasteiger partial charge in [-0.15, -0.1) is 0 Å². The average Bonchev–Trinajstić information content (AvgIpc) is 2.67. The van der Waals surface area contributed by atoms with Gasteiger partial charge < -0.3 is 9.64 Å². The third-order valence-corrected chi connectivity index (χ3v) is 4.95. The van der Waals surface area contributed by atoms with E-state index in [9.17, 15) is 14.0 Å². The summed E-state index contributed by atoms with van der Waals surface area (Å²) in [6, 6.07) is 11.1. The minimum absolute atomic E-state index is 0.0979. The van der Waals surface area contributed by atoms with Gasteiger partial charge in [-0.05, 0) is 43.2 Å². The van der Waals surface area contributed by atoms with Gasteiger partial charge in [0.15, 0.2) is 17.3 Å². The van der Waals surface area contributed by atoms with Crippen molar-refractivity contribution in [3.63, 3.8) is 0 Å². The summed E-state index contributed by atoms with van der Waals surface area (Å²) in [5.74, 6) is -1.18. The van der Waals surface area contributed by atoms with Crippen LogP contribution in [-0.2, 0) is 0 Å². The number of nitrogens with zero attached hydrogens (tertiary/aromatic N) is 1. The molecule has 136 valence electrons. The molecule has 0 unspecified atom stereocenters. The number of piperidine rings is 1. The fourth-order valence-corrected chi connectivity index (χ4v) is 3.45. The largest absolute Gasteiger partial charge is 0.494 e. The highest BCUT2D eigenvalue weighted by molar-refractivity contribution is 6.33. The summed E-state index contributed by atoms with van der Waals surface area (Å²) in [6.07, 6.45) is 1.38. The second-order valence-corrected chi connectivity index (χ2v) is 6.69. The first kappa shape index (κ1) is 18.4. The third-order valence-electron chi connectivity index (χ3n) is 4.62. The number of benzene rings is 2. The quantitative estimate of drug-likeness (QED) is 0.751. The van der Waals surface area contributed by atoms with Crippen LogP contribution in [0.15, 0.2) is 42.5 Å². The zero-order chi connectivity index (χ0) is 18.7. The first-order chi connectivity index (χ1) is 12.5. The molecule has 6 heteroatoms. The van der Waals surface area contributed by atoms with E-state index in [0.29, 0.717) is 42.1 Å². The molecule has 0 aromatic heterocycles. The number of carbonyl (C=O) groups excluding carboxylic acids is 2. The standard InChI is InChI=1S/C20H19ClFNO3/c1-26-18-9-8-13(11-17(18)22)19(24)14-5-4-10-23(12-14)20(25)15-6-2-3-7-16(15)21/h2-3,6-9,11,14H,4-5,10,12H2,1H3/t14-/m0/s1. The van der Waals surface area contributed by atoms with E-state index in [1.165, 1.54) is 19.2 Å². The van der Waals surface area contributed by atoms with Crippen molar-refractivity contribution >= 4 is 23.3 Å². The number of amides is 1. The first-order valence-electron chi connectivity index (χ1n) is 8.43. The molecule has 1 saturated heterocycles. The maximum atomic E-state index is 13.9. The summed E-state index contributed by atoms with van der Waals surface area (Å²) in [5, 5.41) is 0.392. The van der Waals surface area contributed by atoms with Gasteiger partial charge in [0.25, 0.3) is 5.91 Å². The number of ketones is 1. The molecule has 0 bridgehead atoms. The van der Waals surface area contributed by atoms with Crippen LogP contribution >= 0.6 is 11.6 Å². The number of ether oxygens (including phenoxy) is 1. The summed E-state index contributed by atoms with van der Waals surface area (Å²) in [6.45, 7) is 0.876. The lowest BCUT2D eigenvalue weighted by atomic mass is 9.89. The van der Waals surface area contributed by atoms with Crippen LogP contribution in [0, 0.1) is 11.7 Å². The molecule has 0 spiro atoms. The molecular formula is C20H19ClFNO3. The number of hydrogen-bond donors (Lipinski definition) is 0. The second-order valence-electron chi connectivity index (χ2n) is 6.28. The predicted octanol–water partition coefficient (Wildman–Crippen LogP) is 4.22. The Morgan fingerprint density at radius 1 is 1.23 bits per heavy atom. The Labute approximate surface area is 156 Å². The summed E-state index contributed by atoms with van der Waals surface area (Å²) in [4.78, 5) is 27.1. The molecule has 1 atom stereocenters. The molecule has 4 nitrogen and oxygen atoms in total. The Balaban J connectivity index is 1.76. The summed E-state index contributed by atoms with van der Waals surface area (Å²) >= 11 is 6.11. The summed E-state index contributed by atoms with van der Waals surface area (Å²) in [7, 11) is 1.37.